The van der Waals surface area contributed by atoms with Crippen LogP contribution in [0.4, 0.5) is 0 Å². The summed E-state index contributed by atoms with van der Waals surface area (Å²) in [6.45, 7) is 1.06. The van der Waals surface area contributed by atoms with Gasteiger partial charge in [-0.15, -0.1) is 11.6 Å². The van der Waals surface area contributed by atoms with Crippen molar-refractivity contribution in [3.8, 4) is 0 Å². The van der Waals surface area contributed by atoms with Crippen molar-refractivity contribution in [2.45, 2.75) is 25.7 Å². The van der Waals surface area contributed by atoms with E-state index in [2.05, 4.69) is 0 Å². The molecule has 0 heterocycles. The van der Waals surface area contributed by atoms with Crippen molar-refractivity contribution in [1.29, 1.82) is 0 Å². The molecule has 0 aromatic carbocycles. The number of hydrogen-bond donors (Lipinski definition) is 0. The Bertz CT molecular complexity index is 257. The second kappa shape index (κ2) is 9.22. The zero-order valence-electron chi connectivity index (χ0n) is 10.1. The fourth-order valence-electron chi connectivity index (χ4n) is 1.29. The smallest absolute Gasteiger partial charge is 0.213 e. The van der Waals surface area contributed by atoms with Crippen LogP contribution in [0.2, 0.25) is 0 Å². The molecule has 0 rings (SSSR count). The van der Waals surface area contributed by atoms with Crippen molar-refractivity contribution >= 4 is 21.6 Å². The summed E-state index contributed by atoms with van der Waals surface area (Å²) >= 11 is 5.55. The van der Waals surface area contributed by atoms with Crippen molar-refractivity contribution in [1.82, 2.24) is 4.31 Å². The zero-order valence-corrected chi connectivity index (χ0v) is 11.7. The molecule has 98 valence electrons. The molecule has 0 N–H and O–H groups in total. The molecular formula is C10H22ClNO3S. The fraction of sp³-hybridized carbons (Fsp3) is 1.00. The molecule has 0 radical (unpaired) electrons. The third-order valence-corrected chi connectivity index (χ3v) is 4.54. The van der Waals surface area contributed by atoms with Gasteiger partial charge in [0.1, 0.15) is 0 Å². The minimum absolute atomic E-state index is 0.160. The minimum atomic E-state index is -3.10. The van der Waals surface area contributed by atoms with E-state index in [0.29, 0.717) is 25.5 Å². The van der Waals surface area contributed by atoms with E-state index in [4.69, 9.17) is 16.3 Å². The van der Waals surface area contributed by atoms with E-state index in [-0.39, 0.29) is 5.75 Å². The Morgan fingerprint density at radius 2 is 1.88 bits per heavy atom. The Labute approximate surface area is 104 Å². The monoisotopic (exact) mass is 271 g/mol. The summed E-state index contributed by atoms with van der Waals surface area (Å²) in [7, 11) is 0.100. The molecule has 0 spiro atoms. The van der Waals surface area contributed by atoms with E-state index < -0.39 is 10.0 Å². The van der Waals surface area contributed by atoms with Gasteiger partial charge in [0, 0.05) is 33.2 Å². The number of alkyl halides is 1. The third-order valence-electron chi connectivity index (χ3n) is 2.33. The lowest BCUT2D eigenvalue weighted by molar-refractivity contribution is 0.199. The fourth-order valence-corrected chi connectivity index (χ4v) is 2.68. The first kappa shape index (κ1) is 16.2. The molecule has 4 nitrogen and oxygen atoms in total. The molecule has 16 heavy (non-hydrogen) atoms. The van der Waals surface area contributed by atoms with Crippen LogP contribution < -0.4 is 0 Å². The third kappa shape index (κ3) is 7.44. The predicted octanol–water partition coefficient (Wildman–Crippen LogP) is 1.69. The van der Waals surface area contributed by atoms with Crippen molar-refractivity contribution in [3.63, 3.8) is 0 Å². The van der Waals surface area contributed by atoms with Gasteiger partial charge in [-0.25, -0.2) is 12.7 Å². The Morgan fingerprint density at radius 1 is 1.19 bits per heavy atom. The maximum Gasteiger partial charge on any atom is 0.213 e. The first-order chi connectivity index (χ1) is 7.54. The molecule has 0 aliphatic rings. The molecule has 0 atom stereocenters. The molecule has 0 saturated carbocycles. The van der Waals surface area contributed by atoms with Crippen LogP contribution in [0, 0.1) is 0 Å². The Morgan fingerprint density at radius 3 is 2.44 bits per heavy atom. The van der Waals surface area contributed by atoms with Gasteiger partial charge in [0.25, 0.3) is 0 Å². The topological polar surface area (TPSA) is 46.6 Å². The second-order valence-electron chi connectivity index (χ2n) is 3.73. The molecule has 0 aromatic rings. The molecule has 0 aliphatic carbocycles. The predicted molar refractivity (Wildman–Crippen MR) is 67.5 cm³/mol. The van der Waals surface area contributed by atoms with Gasteiger partial charge in [-0.05, 0) is 19.3 Å². The van der Waals surface area contributed by atoms with Gasteiger partial charge in [0.15, 0.2) is 0 Å². The maximum absolute atomic E-state index is 11.7. The highest BCUT2D eigenvalue weighted by Gasteiger charge is 2.16. The standard InChI is InChI=1S/C10H22ClNO3S/c1-12(8-5-3-4-7-11)16(13,14)10-6-9-15-2/h3-10H2,1-2H3. The first-order valence-electron chi connectivity index (χ1n) is 5.53. The summed E-state index contributed by atoms with van der Waals surface area (Å²) in [6, 6.07) is 0. The summed E-state index contributed by atoms with van der Waals surface area (Å²) in [5.74, 6) is 0.803. The average molecular weight is 272 g/mol. The van der Waals surface area contributed by atoms with Gasteiger partial charge in [-0.1, -0.05) is 6.42 Å². The number of rotatable bonds is 10. The van der Waals surface area contributed by atoms with Crippen molar-refractivity contribution in [2.24, 2.45) is 0 Å². The van der Waals surface area contributed by atoms with Crippen LogP contribution in [0.15, 0.2) is 0 Å². The summed E-state index contributed by atoms with van der Waals surface area (Å²) in [5, 5.41) is 0. The Kier molecular flexibility index (Phi) is 9.31. The highest BCUT2D eigenvalue weighted by atomic mass is 35.5. The van der Waals surface area contributed by atoms with Gasteiger partial charge in [-0.3, -0.25) is 0 Å². The summed E-state index contributed by atoms with van der Waals surface area (Å²) in [5.41, 5.74) is 0. The molecule has 0 aliphatic heterocycles. The summed E-state index contributed by atoms with van der Waals surface area (Å²) < 4.78 is 29.7. The van der Waals surface area contributed by atoms with Crippen molar-refractivity contribution < 1.29 is 13.2 Å². The highest BCUT2D eigenvalue weighted by Crippen LogP contribution is 2.05. The van der Waals surface area contributed by atoms with Crippen LogP contribution in [-0.4, -0.2) is 51.7 Å². The van der Waals surface area contributed by atoms with Gasteiger partial charge in [0.05, 0.1) is 5.75 Å². The van der Waals surface area contributed by atoms with Crippen LogP contribution >= 0.6 is 11.6 Å². The number of hydrogen-bond acceptors (Lipinski definition) is 3. The summed E-state index contributed by atoms with van der Waals surface area (Å²) in [4.78, 5) is 0. The molecular weight excluding hydrogens is 250 g/mol. The zero-order chi connectivity index (χ0) is 12.4. The van der Waals surface area contributed by atoms with Crippen molar-refractivity contribution in [2.75, 3.05) is 38.9 Å². The molecule has 0 amide bonds. The van der Waals surface area contributed by atoms with Gasteiger partial charge in [-0.2, -0.15) is 0 Å². The van der Waals surface area contributed by atoms with Crippen LogP contribution in [0.3, 0.4) is 0 Å². The number of methoxy groups -OCH3 is 1. The number of nitrogens with zero attached hydrogens (tertiary/aromatic N) is 1. The lowest BCUT2D eigenvalue weighted by Gasteiger charge is -2.16. The van der Waals surface area contributed by atoms with E-state index in [1.807, 2.05) is 0 Å². The van der Waals surface area contributed by atoms with Crippen LogP contribution in [-0.2, 0) is 14.8 Å². The minimum Gasteiger partial charge on any atom is -0.385 e. The molecule has 0 aromatic heterocycles. The molecule has 0 bridgehead atoms. The van der Waals surface area contributed by atoms with E-state index in [1.54, 1.807) is 14.2 Å². The molecule has 0 saturated heterocycles. The number of unbranched alkanes of at least 4 members (excludes halogenated alkanes) is 2. The van der Waals surface area contributed by atoms with E-state index in [9.17, 15) is 8.42 Å². The van der Waals surface area contributed by atoms with Gasteiger partial charge < -0.3 is 4.74 Å². The second-order valence-corrected chi connectivity index (χ2v) is 6.31. The van der Waals surface area contributed by atoms with Crippen LogP contribution in [0.5, 0.6) is 0 Å². The Hall–Kier alpha value is 0.160. The van der Waals surface area contributed by atoms with Crippen molar-refractivity contribution in [3.05, 3.63) is 0 Å². The molecule has 0 unspecified atom stereocenters. The van der Waals surface area contributed by atoms with E-state index in [1.165, 1.54) is 4.31 Å². The average Bonchev–Trinajstić information content (AvgIpc) is 2.24. The molecule has 6 heteroatoms. The van der Waals surface area contributed by atoms with Crippen LogP contribution in [0.1, 0.15) is 25.7 Å². The maximum atomic E-state index is 11.7. The quantitative estimate of drug-likeness (QED) is 0.449. The molecule has 0 fully saturated rings. The largest absolute Gasteiger partial charge is 0.385 e. The number of sulfonamides is 1. The van der Waals surface area contributed by atoms with Gasteiger partial charge >= 0.3 is 0 Å². The highest BCUT2D eigenvalue weighted by molar-refractivity contribution is 7.89. The first-order valence-corrected chi connectivity index (χ1v) is 7.68. The van der Waals surface area contributed by atoms with E-state index >= 15 is 0 Å². The lowest BCUT2D eigenvalue weighted by atomic mass is 10.2. The van der Waals surface area contributed by atoms with E-state index in [0.717, 1.165) is 19.3 Å². The normalized spacial score (nSPS) is 12.2. The van der Waals surface area contributed by atoms with Gasteiger partial charge in [0.2, 0.25) is 10.0 Å². The van der Waals surface area contributed by atoms with Crippen LogP contribution in [0.25, 0.3) is 0 Å². The lowest BCUT2D eigenvalue weighted by Crippen LogP contribution is -2.30. The summed E-state index contributed by atoms with van der Waals surface area (Å²) in [6.07, 6.45) is 3.33. The SMILES string of the molecule is COCCCS(=O)(=O)N(C)CCCCCCl. The number of ether oxygens (including phenoxy) is 1. The number of halogens is 1. The Balaban J connectivity index is 3.81.